The lowest BCUT2D eigenvalue weighted by Gasteiger charge is -2.16. The van der Waals surface area contributed by atoms with Crippen LogP contribution >= 0.6 is 0 Å². The third kappa shape index (κ3) is 6.44. The molecule has 2 aromatic rings. The van der Waals surface area contributed by atoms with E-state index in [2.05, 4.69) is 5.10 Å². The Bertz CT molecular complexity index is 1110. The fourth-order valence-electron chi connectivity index (χ4n) is 3.69. The zero-order valence-corrected chi connectivity index (χ0v) is 20.1. The Labute approximate surface area is 196 Å². The van der Waals surface area contributed by atoms with Crippen LogP contribution in [0.3, 0.4) is 0 Å². The molecule has 1 fully saturated rings. The molecule has 1 aromatic heterocycles. The minimum absolute atomic E-state index is 0.0781. The third-order valence-corrected chi connectivity index (χ3v) is 7.04. The smallest absolute Gasteiger partial charge is 0.326 e. The minimum atomic E-state index is -4.64. The van der Waals surface area contributed by atoms with Crippen molar-refractivity contribution in [2.75, 3.05) is 11.4 Å². The van der Waals surface area contributed by atoms with Crippen molar-refractivity contribution in [2.24, 2.45) is 5.73 Å². The van der Waals surface area contributed by atoms with E-state index < -0.39 is 22.3 Å². The standard InChI is InChI=1S/C20H28N4O3S.C2HF3O/c1-4-17-20(18(5-2)24(22-17)13-14(3)21)28(26,27)16-10-8-15(9-11-16)23-12-6-7-19(23)25;3-2(4,5)1-6/h8-11,14H,4-7,12-13,21H2,1-3H3;1H/t14-;/m0./s1. The number of nitrogens with two attached hydrogens (primary N) is 1. The van der Waals surface area contributed by atoms with Gasteiger partial charge in [-0.2, -0.15) is 18.3 Å². The first-order valence-corrected chi connectivity index (χ1v) is 12.4. The number of sulfone groups is 1. The number of alkyl halides is 3. The molecule has 1 atom stereocenters. The van der Waals surface area contributed by atoms with E-state index in [1.165, 1.54) is 0 Å². The number of hydrogen-bond donors (Lipinski definition) is 1. The Hall–Kier alpha value is -2.73. The summed E-state index contributed by atoms with van der Waals surface area (Å²) in [6.45, 7) is 6.85. The molecule has 1 aromatic carbocycles. The number of carbonyl (C=O) groups excluding carboxylic acids is 2. The lowest BCUT2D eigenvalue weighted by atomic mass is 10.2. The monoisotopic (exact) mass is 502 g/mol. The summed E-state index contributed by atoms with van der Waals surface area (Å²) in [5.41, 5.74) is 7.90. The van der Waals surface area contributed by atoms with Crippen molar-refractivity contribution in [3.8, 4) is 0 Å². The van der Waals surface area contributed by atoms with Gasteiger partial charge in [0.15, 0.2) is 0 Å². The Kier molecular flexibility index (Phi) is 9.01. The first-order valence-electron chi connectivity index (χ1n) is 10.9. The van der Waals surface area contributed by atoms with Crippen LogP contribution in [-0.4, -0.2) is 49.2 Å². The van der Waals surface area contributed by atoms with Gasteiger partial charge in [0.2, 0.25) is 22.0 Å². The zero-order valence-electron chi connectivity index (χ0n) is 19.3. The fourth-order valence-corrected chi connectivity index (χ4v) is 5.47. The molecule has 0 aliphatic carbocycles. The first kappa shape index (κ1) is 27.5. The van der Waals surface area contributed by atoms with Gasteiger partial charge < -0.3 is 10.6 Å². The van der Waals surface area contributed by atoms with Gasteiger partial charge in [-0.25, -0.2) is 8.42 Å². The largest absolute Gasteiger partial charge is 0.446 e. The number of rotatable bonds is 7. The molecule has 0 bridgehead atoms. The number of aromatic nitrogens is 2. The van der Waals surface area contributed by atoms with Gasteiger partial charge in [-0.15, -0.1) is 0 Å². The van der Waals surface area contributed by atoms with Crippen LogP contribution in [0.2, 0.25) is 0 Å². The van der Waals surface area contributed by atoms with Crippen LogP contribution in [0, 0.1) is 0 Å². The molecule has 12 heteroatoms. The van der Waals surface area contributed by atoms with Crippen molar-refractivity contribution >= 4 is 27.7 Å². The Morgan fingerprint density at radius 1 is 1.18 bits per heavy atom. The molecule has 0 radical (unpaired) electrons. The Morgan fingerprint density at radius 3 is 2.18 bits per heavy atom. The van der Waals surface area contributed by atoms with Gasteiger partial charge in [-0.3, -0.25) is 14.3 Å². The second kappa shape index (κ2) is 11.1. The number of amides is 1. The number of hydrogen-bond acceptors (Lipinski definition) is 6. The van der Waals surface area contributed by atoms with Crippen LogP contribution in [0.1, 0.15) is 45.0 Å². The second-order valence-electron chi connectivity index (χ2n) is 7.89. The van der Waals surface area contributed by atoms with Crippen LogP contribution in [0.15, 0.2) is 34.1 Å². The molecule has 0 unspecified atom stereocenters. The van der Waals surface area contributed by atoms with Crippen LogP contribution < -0.4 is 10.6 Å². The van der Waals surface area contributed by atoms with Gasteiger partial charge >= 0.3 is 6.18 Å². The van der Waals surface area contributed by atoms with E-state index in [1.807, 2.05) is 20.8 Å². The number of benzene rings is 1. The van der Waals surface area contributed by atoms with Gasteiger partial charge in [0.05, 0.1) is 22.8 Å². The lowest BCUT2D eigenvalue weighted by molar-refractivity contribution is -0.156. The molecule has 2 N–H and O–H groups in total. The summed E-state index contributed by atoms with van der Waals surface area (Å²) >= 11 is 0. The van der Waals surface area contributed by atoms with Crippen LogP contribution in [0.4, 0.5) is 18.9 Å². The number of halogens is 3. The number of anilines is 1. The molecule has 1 aliphatic rings. The predicted molar refractivity (Wildman–Crippen MR) is 120 cm³/mol. The van der Waals surface area contributed by atoms with Gasteiger partial charge in [-0.05, 0) is 50.5 Å². The van der Waals surface area contributed by atoms with Gasteiger partial charge in [0.1, 0.15) is 4.90 Å². The van der Waals surface area contributed by atoms with E-state index in [1.54, 1.807) is 33.8 Å². The summed E-state index contributed by atoms with van der Waals surface area (Å²) in [5, 5.41) is 4.53. The molecule has 1 amide bonds. The van der Waals surface area contributed by atoms with Crippen molar-refractivity contribution in [2.45, 2.75) is 75.0 Å². The van der Waals surface area contributed by atoms with E-state index in [0.717, 1.165) is 12.1 Å². The van der Waals surface area contributed by atoms with E-state index in [-0.39, 0.29) is 16.8 Å². The lowest BCUT2D eigenvalue weighted by Crippen LogP contribution is -2.24. The van der Waals surface area contributed by atoms with Crippen LogP contribution in [0.5, 0.6) is 0 Å². The summed E-state index contributed by atoms with van der Waals surface area (Å²) in [7, 11) is -3.72. The maximum atomic E-state index is 13.4. The van der Waals surface area contributed by atoms with Gasteiger partial charge in [0, 0.05) is 24.7 Å². The Balaban J connectivity index is 0.000000604. The van der Waals surface area contributed by atoms with E-state index >= 15 is 0 Å². The van der Waals surface area contributed by atoms with Gasteiger partial charge in [-0.1, -0.05) is 13.8 Å². The summed E-state index contributed by atoms with van der Waals surface area (Å²) in [6.07, 6.45) is -3.26. The van der Waals surface area contributed by atoms with Crippen molar-refractivity contribution in [3.05, 3.63) is 35.7 Å². The summed E-state index contributed by atoms with van der Waals surface area (Å²) in [4.78, 5) is 22.8. The molecule has 1 saturated heterocycles. The predicted octanol–water partition coefficient (Wildman–Crippen LogP) is 3.06. The van der Waals surface area contributed by atoms with E-state index in [4.69, 9.17) is 10.5 Å². The number of nitrogens with zero attached hydrogens (tertiary/aromatic N) is 3. The minimum Gasteiger partial charge on any atom is -0.326 e. The molecule has 8 nitrogen and oxygen atoms in total. The molecule has 188 valence electrons. The molecular formula is C22H29F3N4O4S. The molecule has 0 spiro atoms. The van der Waals surface area contributed by atoms with Crippen molar-refractivity contribution in [3.63, 3.8) is 0 Å². The second-order valence-corrected chi connectivity index (χ2v) is 9.78. The molecule has 0 saturated carbocycles. The molecular weight excluding hydrogens is 473 g/mol. The highest BCUT2D eigenvalue weighted by Gasteiger charge is 2.30. The number of carbonyl (C=O) groups is 2. The number of aryl methyl sites for hydroxylation is 1. The maximum absolute atomic E-state index is 13.4. The highest BCUT2D eigenvalue weighted by Crippen LogP contribution is 2.30. The average molecular weight is 503 g/mol. The summed E-state index contributed by atoms with van der Waals surface area (Å²) in [6, 6.07) is 6.46. The highest BCUT2D eigenvalue weighted by atomic mass is 32.2. The van der Waals surface area contributed by atoms with E-state index in [9.17, 15) is 26.4 Å². The fraction of sp³-hybridized carbons (Fsp3) is 0.500. The number of aldehydes is 1. The van der Waals surface area contributed by atoms with Crippen LogP contribution in [-0.2, 0) is 38.8 Å². The van der Waals surface area contributed by atoms with Gasteiger partial charge in [0.25, 0.3) is 0 Å². The van der Waals surface area contributed by atoms with Crippen molar-refractivity contribution in [1.82, 2.24) is 9.78 Å². The first-order chi connectivity index (χ1) is 15.8. The summed E-state index contributed by atoms with van der Waals surface area (Å²) < 4.78 is 59.8. The molecule has 2 heterocycles. The SMILES string of the molecule is CCc1nn(C[C@H](C)N)c(CC)c1S(=O)(=O)c1ccc(N2CCCC2=O)cc1.O=CC(F)(F)F. The Morgan fingerprint density at radius 2 is 1.76 bits per heavy atom. The van der Waals surface area contributed by atoms with Crippen molar-refractivity contribution in [1.29, 1.82) is 0 Å². The quantitative estimate of drug-likeness (QED) is 0.582. The highest BCUT2D eigenvalue weighted by molar-refractivity contribution is 7.91. The zero-order chi connectivity index (χ0) is 25.7. The summed E-state index contributed by atoms with van der Waals surface area (Å²) in [5.74, 6) is 0.0781. The van der Waals surface area contributed by atoms with Crippen LogP contribution in [0.25, 0.3) is 0 Å². The molecule has 34 heavy (non-hydrogen) atoms. The van der Waals surface area contributed by atoms with E-state index in [0.29, 0.717) is 48.6 Å². The third-order valence-electron chi connectivity index (χ3n) is 5.14. The molecule has 1 aliphatic heterocycles. The average Bonchev–Trinajstić information content (AvgIpc) is 3.36. The topological polar surface area (TPSA) is 115 Å². The maximum Gasteiger partial charge on any atom is 0.446 e. The normalized spacial score (nSPS) is 15.1. The van der Waals surface area contributed by atoms with Crippen molar-refractivity contribution < 1.29 is 31.2 Å². The molecule has 3 rings (SSSR count).